The maximum Gasteiger partial charge on any atom is 0.169 e. The minimum atomic E-state index is 0.0700. The van der Waals surface area contributed by atoms with Crippen LogP contribution in [0, 0.1) is 0 Å². The molecule has 0 fully saturated rings. The van der Waals surface area contributed by atoms with E-state index < -0.39 is 0 Å². The van der Waals surface area contributed by atoms with Crippen molar-refractivity contribution in [3.63, 3.8) is 0 Å². The van der Waals surface area contributed by atoms with Gasteiger partial charge in [-0.05, 0) is 18.2 Å². The van der Waals surface area contributed by atoms with Gasteiger partial charge in [-0.25, -0.2) is 4.98 Å². The predicted molar refractivity (Wildman–Crippen MR) is 78.2 cm³/mol. The van der Waals surface area contributed by atoms with E-state index in [1.165, 1.54) is 4.70 Å². The minimum Gasteiger partial charge on any atom is -0.381 e. The van der Waals surface area contributed by atoms with Crippen molar-refractivity contribution in [2.45, 2.75) is 26.2 Å². The molecule has 3 rings (SSSR count). The van der Waals surface area contributed by atoms with Crippen molar-refractivity contribution in [2.24, 2.45) is 0 Å². The molecule has 0 aliphatic heterocycles. The molecule has 2 N–H and O–H groups in total. The van der Waals surface area contributed by atoms with Crippen molar-refractivity contribution in [2.75, 3.05) is 5.73 Å². The Morgan fingerprint density at radius 1 is 1.21 bits per heavy atom. The zero-order chi connectivity index (χ0) is 13.6. The Labute approximate surface area is 115 Å². The molecule has 0 spiro atoms. The summed E-state index contributed by atoms with van der Waals surface area (Å²) < 4.78 is 6.36. The van der Waals surface area contributed by atoms with Crippen LogP contribution in [-0.2, 0) is 5.41 Å². The number of rotatable bonds is 1. The fraction of sp³-hybridized carbons (Fsp3) is 0.286. The van der Waals surface area contributed by atoms with E-state index in [0.717, 1.165) is 16.1 Å². The maximum atomic E-state index is 5.57. The molecule has 98 valence electrons. The van der Waals surface area contributed by atoms with E-state index in [0.29, 0.717) is 11.6 Å². The van der Waals surface area contributed by atoms with Gasteiger partial charge in [-0.2, -0.15) is 0 Å². The summed E-state index contributed by atoms with van der Waals surface area (Å²) in [6.45, 7) is 6.51. The van der Waals surface area contributed by atoms with Gasteiger partial charge in [0.05, 0.1) is 15.2 Å². The van der Waals surface area contributed by atoms with Crippen LogP contribution in [0.2, 0.25) is 0 Å². The summed E-state index contributed by atoms with van der Waals surface area (Å²) in [5, 5.41) is 4.84. The Bertz CT molecular complexity index is 737. The molecule has 0 aliphatic carbocycles. The molecule has 0 aliphatic rings. The summed E-state index contributed by atoms with van der Waals surface area (Å²) in [6, 6.07) is 7.81. The number of aromatic nitrogens is 2. The number of hydrogen-bond acceptors (Lipinski definition) is 5. The highest BCUT2D eigenvalue weighted by atomic mass is 32.1. The lowest BCUT2D eigenvalue weighted by Gasteiger charge is -2.13. The maximum absolute atomic E-state index is 5.57. The third-order valence-electron chi connectivity index (χ3n) is 2.84. The Morgan fingerprint density at radius 2 is 2.00 bits per heavy atom. The van der Waals surface area contributed by atoms with Gasteiger partial charge in [-0.15, -0.1) is 11.3 Å². The van der Waals surface area contributed by atoms with E-state index in [9.17, 15) is 0 Å². The standard InChI is InChI=1S/C14H15N3OS/c1-14(2,3)13-16-9-6-8(4-5-11(9)19-13)10-7-12(15)17-18-10/h4-7H,1-3H3,(H2,15,17). The Balaban J connectivity index is 2.11. The van der Waals surface area contributed by atoms with Gasteiger partial charge < -0.3 is 10.3 Å². The second kappa shape index (κ2) is 4.06. The minimum absolute atomic E-state index is 0.0700. The largest absolute Gasteiger partial charge is 0.381 e. The second-order valence-corrected chi connectivity index (χ2v) is 6.60. The second-order valence-electron chi connectivity index (χ2n) is 5.57. The van der Waals surface area contributed by atoms with Gasteiger partial charge in [0.15, 0.2) is 11.6 Å². The van der Waals surface area contributed by atoms with Crippen LogP contribution in [0.15, 0.2) is 28.8 Å². The van der Waals surface area contributed by atoms with Gasteiger partial charge in [0.25, 0.3) is 0 Å². The molecule has 2 heterocycles. The topological polar surface area (TPSA) is 64.9 Å². The summed E-state index contributed by atoms with van der Waals surface area (Å²) in [4.78, 5) is 4.70. The Morgan fingerprint density at radius 3 is 2.63 bits per heavy atom. The number of thiazole rings is 1. The number of benzene rings is 1. The summed E-state index contributed by atoms with van der Waals surface area (Å²) in [5.74, 6) is 1.06. The van der Waals surface area contributed by atoms with Crippen LogP contribution in [0.25, 0.3) is 21.5 Å². The van der Waals surface area contributed by atoms with E-state index >= 15 is 0 Å². The van der Waals surface area contributed by atoms with E-state index in [1.54, 1.807) is 17.4 Å². The number of nitrogens with two attached hydrogens (primary N) is 1. The summed E-state index contributed by atoms with van der Waals surface area (Å²) in [6.07, 6.45) is 0. The predicted octanol–water partition coefficient (Wildman–Crippen LogP) is 3.83. The molecule has 2 aromatic heterocycles. The molecular weight excluding hydrogens is 258 g/mol. The lowest BCUT2D eigenvalue weighted by Crippen LogP contribution is -2.09. The van der Waals surface area contributed by atoms with Gasteiger partial charge in [0.2, 0.25) is 0 Å². The molecule has 0 bridgehead atoms. The quantitative estimate of drug-likeness (QED) is 0.731. The van der Waals surface area contributed by atoms with E-state index in [1.807, 2.05) is 12.1 Å². The highest BCUT2D eigenvalue weighted by molar-refractivity contribution is 7.18. The Hall–Kier alpha value is -1.88. The average Bonchev–Trinajstić information content (AvgIpc) is 2.92. The van der Waals surface area contributed by atoms with Crippen LogP contribution < -0.4 is 5.73 Å². The monoisotopic (exact) mass is 273 g/mol. The van der Waals surface area contributed by atoms with Crippen LogP contribution in [-0.4, -0.2) is 10.1 Å². The zero-order valence-electron chi connectivity index (χ0n) is 11.1. The Kier molecular flexibility index (Phi) is 2.60. The molecule has 19 heavy (non-hydrogen) atoms. The first kappa shape index (κ1) is 12.2. The smallest absolute Gasteiger partial charge is 0.169 e. The fourth-order valence-electron chi connectivity index (χ4n) is 1.83. The van der Waals surface area contributed by atoms with Crippen LogP contribution in [0.5, 0.6) is 0 Å². The van der Waals surface area contributed by atoms with Gasteiger partial charge in [0.1, 0.15) is 0 Å². The lowest BCUT2D eigenvalue weighted by atomic mass is 9.98. The fourth-order valence-corrected chi connectivity index (χ4v) is 2.83. The molecule has 4 nitrogen and oxygen atoms in total. The number of hydrogen-bond donors (Lipinski definition) is 1. The molecule has 0 radical (unpaired) electrons. The summed E-state index contributed by atoms with van der Waals surface area (Å²) in [7, 11) is 0. The molecule has 3 aromatic rings. The highest BCUT2D eigenvalue weighted by Crippen LogP contribution is 2.33. The van der Waals surface area contributed by atoms with E-state index in [2.05, 4.69) is 32.0 Å². The van der Waals surface area contributed by atoms with Crippen LogP contribution in [0.4, 0.5) is 5.82 Å². The molecule has 0 unspecified atom stereocenters. The first-order valence-corrected chi connectivity index (χ1v) is 6.89. The SMILES string of the molecule is CC(C)(C)c1nc2cc(-c3cc(N)no3)ccc2s1. The molecule has 0 atom stereocenters. The molecule has 0 amide bonds. The van der Waals surface area contributed by atoms with Crippen LogP contribution in [0.3, 0.4) is 0 Å². The number of anilines is 1. The van der Waals surface area contributed by atoms with Gasteiger partial charge in [0, 0.05) is 17.0 Å². The third kappa shape index (κ3) is 2.21. The molecule has 5 heteroatoms. The first-order valence-electron chi connectivity index (χ1n) is 6.07. The van der Waals surface area contributed by atoms with Crippen molar-refractivity contribution in [3.8, 4) is 11.3 Å². The highest BCUT2D eigenvalue weighted by Gasteiger charge is 2.19. The van der Waals surface area contributed by atoms with E-state index in [4.69, 9.17) is 15.2 Å². The average molecular weight is 273 g/mol. The van der Waals surface area contributed by atoms with Crippen LogP contribution >= 0.6 is 11.3 Å². The van der Waals surface area contributed by atoms with Crippen molar-refractivity contribution >= 4 is 27.4 Å². The first-order chi connectivity index (χ1) is 8.93. The zero-order valence-corrected chi connectivity index (χ0v) is 11.9. The van der Waals surface area contributed by atoms with Gasteiger partial charge >= 0.3 is 0 Å². The molecule has 0 saturated carbocycles. The van der Waals surface area contributed by atoms with Crippen molar-refractivity contribution in [3.05, 3.63) is 29.3 Å². The van der Waals surface area contributed by atoms with E-state index in [-0.39, 0.29) is 5.41 Å². The van der Waals surface area contributed by atoms with Crippen molar-refractivity contribution in [1.82, 2.24) is 10.1 Å². The summed E-state index contributed by atoms with van der Waals surface area (Å²) in [5.41, 5.74) is 7.58. The lowest BCUT2D eigenvalue weighted by molar-refractivity contribution is 0.436. The molecular formula is C14H15N3OS. The third-order valence-corrected chi connectivity index (χ3v) is 4.30. The van der Waals surface area contributed by atoms with Gasteiger partial charge in [-0.1, -0.05) is 25.9 Å². The summed E-state index contributed by atoms with van der Waals surface area (Å²) >= 11 is 1.73. The molecule has 0 saturated heterocycles. The molecule has 1 aromatic carbocycles. The van der Waals surface area contributed by atoms with Gasteiger partial charge in [-0.3, -0.25) is 0 Å². The van der Waals surface area contributed by atoms with Crippen molar-refractivity contribution in [1.29, 1.82) is 0 Å². The number of nitrogens with zero attached hydrogens (tertiary/aromatic N) is 2. The number of fused-ring (bicyclic) bond motifs is 1. The normalized spacial score (nSPS) is 12.2. The van der Waals surface area contributed by atoms with Crippen molar-refractivity contribution < 1.29 is 4.52 Å². The number of nitrogen functional groups attached to an aromatic ring is 1. The van der Waals surface area contributed by atoms with Crippen LogP contribution in [0.1, 0.15) is 25.8 Å².